The maximum Gasteiger partial charge on any atom is 0.198 e. The van der Waals surface area contributed by atoms with E-state index in [0.717, 1.165) is 33.5 Å². The second-order valence-electron chi connectivity index (χ2n) is 5.49. The Balaban J connectivity index is 1.92. The molecule has 128 valence electrons. The fourth-order valence-corrected chi connectivity index (χ4v) is 3.15. The zero-order valence-electron chi connectivity index (χ0n) is 13.2. The Morgan fingerprint density at radius 2 is 2.12 bits per heavy atom. The topological polar surface area (TPSA) is 95.3 Å². The molecule has 0 atom stereocenters. The van der Waals surface area contributed by atoms with Gasteiger partial charge in [-0.25, -0.2) is 4.98 Å². The van der Waals surface area contributed by atoms with Gasteiger partial charge < -0.3 is 9.72 Å². The van der Waals surface area contributed by atoms with Crippen LogP contribution in [0.25, 0.3) is 33.5 Å². The van der Waals surface area contributed by atoms with E-state index in [9.17, 15) is 0 Å². The van der Waals surface area contributed by atoms with Crippen LogP contribution < -0.4 is 0 Å². The maximum atomic E-state index is 6.38. The Hall–Kier alpha value is -2.35. The van der Waals surface area contributed by atoms with Crippen molar-refractivity contribution in [2.75, 3.05) is 13.7 Å². The molecule has 0 amide bonds. The van der Waals surface area contributed by atoms with Gasteiger partial charge in [0.2, 0.25) is 0 Å². The molecule has 3 aromatic heterocycles. The Bertz CT molecular complexity index is 1020. The number of hydrogen-bond acceptors (Lipinski definition) is 4. The molecular weight excluding hydrogens is 363 g/mol. The molecule has 0 saturated heterocycles. The van der Waals surface area contributed by atoms with Crippen molar-refractivity contribution in [2.24, 2.45) is 0 Å². The van der Waals surface area contributed by atoms with E-state index >= 15 is 0 Å². The first kappa shape index (κ1) is 16.1. The van der Waals surface area contributed by atoms with Crippen molar-refractivity contribution in [2.45, 2.75) is 6.42 Å². The number of ether oxygens (including phenoxy) is 1. The maximum absolute atomic E-state index is 6.38. The van der Waals surface area contributed by atoms with Crippen LogP contribution in [0.1, 0.15) is 5.82 Å². The number of halogens is 2. The molecule has 25 heavy (non-hydrogen) atoms. The lowest BCUT2D eigenvalue weighted by Gasteiger charge is -1.99. The summed E-state index contributed by atoms with van der Waals surface area (Å²) < 4.78 is 5.08. The second-order valence-corrected chi connectivity index (χ2v) is 6.28. The molecule has 1 aromatic carbocycles. The molecule has 0 aliphatic heterocycles. The van der Waals surface area contributed by atoms with Gasteiger partial charge in [-0.1, -0.05) is 29.3 Å². The van der Waals surface area contributed by atoms with E-state index in [0.29, 0.717) is 28.9 Å². The first-order valence-electron chi connectivity index (χ1n) is 7.58. The van der Waals surface area contributed by atoms with Crippen LogP contribution in [0.5, 0.6) is 0 Å². The summed E-state index contributed by atoms with van der Waals surface area (Å²) in [7, 11) is 1.65. The minimum absolute atomic E-state index is 0.463. The van der Waals surface area contributed by atoms with Crippen molar-refractivity contribution in [1.29, 1.82) is 0 Å². The highest BCUT2D eigenvalue weighted by molar-refractivity contribution is 6.45. The van der Waals surface area contributed by atoms with Crippen LogP contribution in [0.4, 0.5) is 0 Å². The van der Waals surface area contributed by atoms with Gasteiger partial charge >= 0.3 is 0 Å². The number of rotatable bonds is 5. The van der Waals surface area contributed by atoms with Gasteiger partial charge in [-0.2, -0.15) is 10.2 Å². The number of benzene rings is 1. The first-order valence-corrected chi connectivity index (χ1v) is 8.34. The molecule has 4 rings (SSSR count). The summed E-state index contributed by atoms with van der Waals surface area (Å²) in [4.78, 5) is 7.86. The van der Waals surface area contributed by atoms with E-state index in [4.69, 9.17) is 27.9 Å². The molecule has 0 aliphatic rings. The molecule has 0 spiro atoms. The predicted octanol–water partition coefficient (Wildman–Crippen LogP) is 3.84. The van der Waals surface area contributed by atoms with Gasteiger partial charge in [-0.05, 0) is 6.07 Å². The van der Waals surface area contributed by atoms with Gasteiger partial charge in [-0.15, -0.1) is 0 Å². The highest BCUT2D eigenvalue weighted by Crippen LogP contribution is 2.41. The molecule has 0 fully saturated rings. The largest absolute Gasteiger partial charge is 0.384 e. The molecular formula is C16H14Cl2N6O. The smallest absolute Gasteiger partial charge is 0.198 e. The Labute approximate surface area is 152 Å². The normalized spacial score (nSPS) is 11.5. The molecule has 0 saturated carbocycles. The molecule has 9 heteroatoms. The summed E-state index contributed by atoms with van der Waals surface area (Å²) in [5.41, 5.74) is 3.31. The van der Waals surface area contributed by atoms with Crippen molar-refractivity contribution in [3.05, 3.63) is 40.4 Å². The van der Waals surface area contributed by atoms with Crippen molar-refractivity contribution < 1.29 is 4.74 Å². The third kappa shape index (κ3) is 2.80. The molecule has 0 unspecified atom stereocenters. The van der Waals surface area contributed by atoms with Crippen LogP contribution in [0.15, 0.2) is 24.5 Å². The highest BCUT2D eigenvalue weighted by atomic mass is 35.5. The van der Waals surface area contributed by atoms with E-state index in [1.807, 2.05) is 12.3 Å². The van der Waals surface area contributed by atoms with Gasteiger partial charge in [0.15, 0.2) is 5.82 Å². The van der Waals surface area contributed by atoms with E-state index in [-0.39, 0.29) is 0 Å². The van der Waals surface area contributed by atoms with E-state index in [1.54, 1.807) is 19.4 Å². The van der Waals surface area contributed by atoms with Crippen LogP contribution in [-0.2, 0) is 11.2 Å². The van der Waals surface area contributed by atoms with E-state index in [2.05, 4.69) is 30.4 Å². The van der Waals surface area contributed by atoms with Gasteiger partial charge in [-0.3, -0.25) is 10.2 Å². The van der Waals surface area contributed by atoms with Crippen LogP contribution in [0.3, 0.4) is 0 Å². The molecule has 7 nitrogen and oxygen atoms in total. The predicted molar refractivity (Wildman–Crippen MR) is 96.9 cm³/mol. The van der Waals surface area contributed by atoms with Crippen molar-refractivity contribution in [3.8, 4) is 22.6 Å². The van der Waals surface area contributed by atoms with Crippen molar-refractivity contribution in [3.63, 3.8) is 0 Å². The lowest BCUT2D eigenvalue weighted by atomic mass is 10.0. The molecule has 0 bridgehead atoms. The number of fused-ring (bicyclic) bond motifs is 1. The quantitative estimate of drug-likeness (QED) is 0.493. The third-order valence-corrected chi connectivity index (χ3v) is 4.75. The van der Waals surface area contributed by atoms with Crippen LogP contribution in [-0.4, -0.2) is 44.1 Å². The second kappa shape index (κ2) is 6.51. The number of methoxy groups -OCH3 is 1. The zero-order valence-corrected chi connectivity index (χ0v) is 14.7. The van der Waals surface area contributed by atoms with Gasteiger partial charge in [0.25, 0.3) is 0 Å². The Morgan fingerprint density at radius 3 is 2.88 bits per heavy atom. The highest BCUT2D eigenvalue weighted by Gasteiger charge is 2.21. The number of nitrogens with zero attached hydrogens (tertiary/aromatic N) is 3. The van der Waals surface area contributed by atoms with Crippen molar-refractivity contribution >= 4 is 34.1 Å². The van der Waals surface area contributed by atoms with Crippen LogP contribution in [0.2, 0.25) is 10.0 Å². The number of aromatic amines is 3. The lowest BCUT2D eigenvalue weighted by Crippen LogP contribution is -1.96. The average molecular weight is 377 g/mol. The first-order chi connectivity index (χ1) is 12.2. The summed E-state index contributed by atoms with van der Waals surface area (Å²) in [6.07, 6.45) is 4.21. The van der Waals surface area contributed by atoms with E-state index in [1.165, 1.54) is 0 Å². The summed E-state index contributed by atoms with van der Waals surface area (Å²) in [6, 6.07) is 3.69. The monoisotopic (exact) mass is 376 g/mol. The Kier molecular flexibility index (Phi) is 4.20. The molecule has 0 radical (unpaired) electrons. The standard InChI is InChI=1S/C16H14Cl2N6O/c1-25-5-4-11-21-16(24-23-11)15-12(8-6-19-20-7-8)9-2-3-10(17)13(18)14(9)22-15/h2-3,6-7,22H,4-5H2,1H3,(H,19,20)(H,21,23,24). The van der Waals surface area contributed by atoms with Crippen LogP contribution in [0, 0.1) is 0 Å². The van der Waals surface area contributed by atoms with Crippen molar-refractivity contribution in [1.82, 2.24) is 30.4 Å². The molecule has 3 heterocycles. The van der Waals surface area contributed by atoms with Gasteiger partial charge in [0, 0.05) is 36.2 Å². The third-order valence-electron chi connectivity index (χ3n) is 3.95. The van der Waals surface area contributed by atoms with Crippen LogP contribution >= 0.6 is 23.2 Å². The van der Waals surface area contributed by atoms with Gasteiger partial charge in [0.05, 0.1) is 34.1 Å². The molecule has 3 N–H and O–H groups in total. The zero-order chi connectivity index (χ0) is 17.4. The summed E-state index contributed by atoms with van der Waals surface area (Å²) >= 11 is 12.5. The fourth-order valence-electron chi connectivity index (χ4n) is 2.78. The summed E-state index contributed by atoms with van der Waals surface area (Å²) in [5, 5.41) is 16.0. The SMILES string of the molecule is COCCc1nc(-c2[nH]c3c(Cl)c(Cl)ccc3c2-c2cn[nH]c2)n[nH]1. The van der Waals surface area contributed by atoms with E-state index < -0.39 is 0 Å². The lowest BCUT2D eigenvalue weighted by molar-refractivity contribution is 0.200. The minimum Gasteiger partial charge on any atom is -0.384 e. The Morgan fingerprint density at radius 1 is 1.24 bits per heavy atom. The molecule has 0 aliphatic carbocycles. The number of aromatic nitrogens is 6. The minimum atomic E-state index is 0.463. The number of nitrogens with one attached hydrogen (secondary N) is 3. The molecule has 4 aromatic rings. The number of H-pyrrole nitrogens is 3. The summed E-state index contributed by atoms with van der Waals surface area (Å²) in [6.45, 7) is 0.567. The van der Waals surface area contributed by atoms with Gasteiger partial charge in [0.1, 0.15) is 5.82 Å². The average Bonchev–Trinajstić information content (AvgIpc) is 3.34. The fraction of sp³-hybridized carbons (Fsp3) is 0.188. The summed E-state index contributed by atoms with van der Waals surface area (Å²) in [5.74, 6) is 1.29. The number of hydrogen-bond donors (Lipinski definition) is 3.